The number of aliphatic hydroxyl groups is 1. The number of hydrogen-bond acceptors (Lipinski definition) is 5. The Hall–Kier alpha value is -3.42. The number of ether oxygens (including phenoxy) is 1. The van der Waals surface area contributed by atoms with Crippen LogP contribution >= 0.6 is 11.6 Å². The first kappa shape index (κ1) is 23.2. The van der Waals surface area contributed by atoms with Crippen molar-refractivity contribution in [1.29, 1.82) is 0 Å². The first-order valence-corrected chi connectivity index (χ1v) is 10.3. The molecule has 0 aliphatic rings. The van der Waals surface area contributed by atoms with E-state index in [9.17, 15) is 14.7 Å². The van der Waals surface area contributed by atoms with Crippen molar-refractivity contribution in [2.45, 2.75) is 32.9 Å². The van der Waals surface area contributed by atoms with Gasteiger partial charge in [0.1, 0.15) is 0 Å². The van der Waals surface area contributed by atoms with Crippen LogP contribution in [0.5, 0.6) is 5.75 Å². The Bertz CT molecular complexity index is 1120. The minimum atomic E-state index is -0.611. The van der Waals surface area contributed by atoms with Gasteiger partial charge in [-0.05, 0) is 56.7 Å². The molecule has 7 nitrogen and oxygen atoms in total. The number of aliphatic hydroxyl groups excluding tert-OH is 1. The Balaban J connectivity index is 1.74. The lowest BCUT2D eigenvalue weighted by atomic mass is 10.1. The number of amides is 2. The van der Waals surface area contributed by atoms with Gasteiger partial charge in [0.25, 0.3) is 5.91 Å². The number of halogens is 1. The molecule has 0 radical (unpaired) electrons. The van der Waals surface area contributed by atoms with Gasteiger partial charge in [-0.1, -0.05) is 35.9 Å². The normalized spacial score (nSPS) is 11.0. The van der Waals surface area contributed by atoms with E-state index in [1.165, 1.54) is 0 Å². The van der Waals surface area contributed by atoms with Gasteiger partial charge in [-0.3, -0.25) is 9.78 Å². The third kappa shape index (κ3) is 6.06. The fourth-order valence-electron chi connectivity index (χ4n) is 2.84. The van der Waals surface area contributed by atoms with E-state index in [1.807, 2.05) is 20.8 Å². The number of hydrogen-bond donors (Lipinski definition) is 3. The van der Waals surface area contributed by atoms with Crippen LogP contribution in [0.1, 0.15) is 36.7 Å². The Kier molecular flexibility index (Phi) is 7.12. The summed E-state index contributed by atoms with van der Waals surface area (Å²) in [6.45, 7) is 5.38. The molecule has 0 bridgehead atoms. The predicted octanol–water partition coefficient (Wildman–Crippen LogP) is 5.03. The molecule has 0 aliphatic heterocycles. The molecule has 3 rings (SSSR count). The molecule has 0 atom stereocenters. The van der Waals surface area contributed by atoms with E-state index < -0.39 is 11.6 Å². The topological polar surface area (TPSA) is 101 Å². The molecule has 32 heavy (non-hydrogen) atoms. The van der Waals surface area contributed by atoms with E-state index in [0.717, 1.165) is 5.56 Å². The summed E-state index contributed by atoms with van der Waals surface area (Å²) in [4.78, 5) is 29.1. The maximum absolute atomic E-state index is 12.7. The molecular formula is C24H24ClN3O4. The number of benzene rings is 2. The molecule has 0 aliphatic carbocycles. The highest BCUT2D eigenvalue weighted by atomic mass is 35.5. The van der Waals surface area contributed by atoms with Crippen LogP contribution in [-0.4, -0.2) is 27.6 Å². The van der Waals surface area contributed by atoms with Crippen molar-refractivity contribution in [3.05, 3.63) is 76.9 Å². The number of pyridine rings is 1. The summed E-state index contributed by atoms with van der Waals surface area (Å²) in [5, 5.41) is 15.1. The second-order valence-corrected chi connectivity index (χ2v) is 8.53. The zero-order chi connectivity index (χ0) is 23.3. The molecule has 3 N–H and O–H groups in total. The fraction of sp³-hybridized carbons (Fsp3) is 0.208. The first-order chi connectivity index (χ1) is 15.2. The van der Waals surface area contributed by atoms with E-state index in [0.29, 0.717) is 27.5 Å². The number of nitrogens with zero attached hydrogens (tertiary/aromatic N) is 1. The van der Waals surface area contributed by atoms with Gasteiger partial charge in [0, 0.05) is 22.9 Å². The molecule has 0 spiro atoms. The van der Waals surface area contributed by atoms with E-state index in [2.05, 4.69) is 15.6 Å². The number of carbonyl (C=O) groups excluding carboxylic acids is 2. The van der Waals surface area contributed by atoms with Gasteiger partial charge in [0.05, 0.1) is 23.0 Å². The van der Waals surface area contributed by atoms with Crippen molar-refractivity contribution in [2.24, 2.45) is 0 Å². The van der Waals surface area contributed by atoms with Crippen LogP contribution in [0, 0.1) is 0 Å². The number of rotatable bonds is 5. The van der Waals surface area contributed by atoms with Crippen LogP contribution < -0.4 is 15.4 Å². The number of anilines is 1. The predicted molar refractivity (Wildman–Crippen MR) is 124 cm³/mol. The Morgan fingerprint density at radius 1 is 1.09 bits per heavy atom. The van der Waals surface area contributed by atoms with Crippen molar-refractivity contribution in [2.75, 3.05) is 5.32 Å². The summed E-state index contributed by atoms with van der Waals surface area (Å²) in [6.07, 6.45) is 0.939. The average molecular weight is 454 g/mol. The van der Waals surface area contributed by atoms with Crippen molar-refractivity contribution in [3.63, 3.8) is 0 Å². The van der Waals surface area contributed by atoms with Crippen LogP contribution in [0.25, 0.3) is 11.3 Å². The smallest absolute Gasteiger partial charge is 0.408 e. The SMILES string of the molecule is CC(C)(C)NC(=O)Oc1ccccc1NC(=O)c1ccc(-c2ncc(CO)cc2Cl)cc1. The molecule has 8 heteroatoms. The van der Waals surface area contributed by atoms with E-state index >= 15 is 0 Å². The van der Waals surface area contributed by atoms with Gasteiger partial charge in [-0.15, -0.1) is 0 Å². The lowest BCUT2D eigenvalue weighted by molar-refractivity contribution is 0.102. The average Bonchev–Trinajstić information content (AvgIpc) is 2.74. The zero-order valence-electron chi connectivity index (χ0n) is 18.0. The second-order valence-electron chi connectivity index (χ2n) is 8.12. The maximum Gasteiger partial charge on any atom is 0.413 e. The maximum atomic E-state index is 12.7. The third-order valence-electron chi connectivity index (χ3n) is 4.32. The number of nitrogens with one attached hydrogen (secondary N) is 2. The molecule has 0 fully saturated rings. The van der Waals surface area contributed by atoms with E-state index in [1.54, 1.807) is 60.8 Å². The Morgan fingerprint density at radius 3 is 2.41 bits per heavy atom. The molecule has 2 aromatic carbocycles. The fourth-order valence-corrected chi connectivity index (χ4v) is 3.14. The standard InChI is InChI=1S/C24H24ClN3O4/c1-24(2,3)28-23(31)32-20-7-5-4-6-19(20)27-22(30)17-10-8-16(9-11-17)21-18(25)12-15(14-29)13-26-21/h4-13,29H,14H2,1-3H3,(H,27,30)(H,28,31). The molecule has 0 unspecified atom stereocenters. The highest BCUT2D eigenvalue weighted by molar-refractivity contribution is 6.33. The minimum Gasteiger partial charge on any atom is -0.408 e. The molecular weight excluding hydrogens is 430 g/mol. The van der Waals surface area contributed by atoms with Gasteiger partial charge in [0.2, 0.25) is 0 Å². The van der Waals surface area contributed by atoms with Gasteiger partial charge >= 0.3 is 6.09 Å². The highest BCUT2D eigenvalue weighted by Gasteiger charge is 2.17. The second kappa shape index (κ2) is 9.80. The van der Waals surface area contributed by atoms with Crippen molar-refractivity contribution < 1.29 is 19.4 Å². The molecule has 3 aromatic rings. The lowest BCUT2D eigenvalue weighted by Gasteiger charge is -2.20. The monoisotopic (exact) mass is 453 g/mol. The summed E-state index contributed by atoms with van der Waals surface area (Å²) in [6, 6.07) is 15.1. The molecule has 1 aromatic heterocycles. The largest absolute Gasteiger partial charge is 0.413 e. The van der Waals surface area contributed by atoms with Crippen molar-refractivity contribution >= 4 is 29.3 Å². The first-order valence-electron chi connectivity index (χ1n) is 9.92. The van der Waals surface area contributed by atoms with Crippen molar-refractivity contribution in [1.82, 2.24) is 10.3 Å². The third-order valence-corrected chi connectivity index (χ3v) is 4.60. The van der Waals surface area contributed by atoms with Crippen LogP contribution in [0.2, 0.25) is 5.02 Å². The van der Waals surface area contributed by atoms with Crippen LogP contribution in [0.15, 0.2) is 60.8 Å². The van der Waals surface area contributed by atoms with Crippen LogP contribution in [0.3, 0.4) is 0 Å². The zero-order valence-corrected chi connectivity index (χ0v) is 18.7. The number of para-hydroxylation sites is 2. The van der Waals surface area contributed by atoms with E-state index in [-0.39, 0.29) is 18.3 Å². The van der Waals surface area contributed by atoms with E-state index in [4.69, 9.17) is 16.3 Å². The Morgan fingerprint density at radius 2 is 1.78 bits per heavy atom. The number of aromatic nitrogens is 1. The lowest BCUT2D eigenvalue weighted by Crippen LogP contribution is -2.42. The number of carbonyl (C=O) groups is 2. The molecule has 166 valence electrons. The Labute approximate surface area is 191 Å². The minimum absolute atomic E-state index is 0.144. The molecule has 0 saturated heterocycles. The summed E-state index contributed by atoms with van der Waals surface area (Å²) >= 11 is 6.25. The van der Waals surface area contributed by atoms with Gasteiger partial charge < -0.3 is 20.5 Å². The summed E-state index contributed by atoms with van der Waals surface area (Å²) < 4.78 is 5.36. The van der Waals surface area contributed by atoms with Gasteiger partial charge in [0.15, 0.2) is 5.75 Å². The van der Waals surface area contributed by atoms with Gasteiger partial charge in [-0.25, -0.2) is 4.79 Å². The summed E-state index contributed by atoms with van der Waals surface area (Å²) in [7, 11) is 0. The quantitative estimate of drug-likeness (QED) is 0.502. The van der Waals surface area contributed by atoms with Crippen molar-refractivity contribution in [3.8, 4) is 17.0 Å². The van der Waals surface area contributed by atoms with Crippen LogP contribution in [0.4, 0.5) is 10.5 Å². The van der Waals surface area contributed by atoms with Crippen LogP contribution in [-0.2, 0) is 6.61 Å². The molecule has 1 heterocycles. The van der Waals surface area contributed by atoms with Gasteiger partial charge in [-0.2, -0.15) is 0 Å². The molecule has 0 saturated carbocycles. The molecule has 2 amide bonds. The summed E-state index contributed by atoms with van der Waals surface area (Å²) in [5.41, 5.74) is 2.23. The highest BCUT2D eigenvalue weighted by Crippen LogP contribution is 2.28. The summed E-state index contributed by atoms with van der Waals surface area (Å²) in [5.74, 6) is -0.127.